The summed E-state index contributed by atoms with van der Waals surface area (Å²) in [7, 11) is 0. The Morgan fingerprint density at radius 2 is 2.09 bits per heavy atom. The van der Waals surface area contributed by atoms with Crippen molar-refractivity contribution in [1.29, 1.82) is 0 Å². The first-order chi connectivity index (χ1) is 10.7. The highest BCUT2D eigenvalue weighted by molar-refractivity contribution is 5.75. The number of piperidine rings is 1. The molecule has 0 unspecified atom stereocenters. The molecule has 2 aromatic rings. The number of rotatable bonds is 3. The third-order valence-electron chi connectivity index (χ3n) is 4.14. The number of nitrogens with two attached hydrogens (primary N) is 1. The van der Waals surface area contributed by atoms with Gasteiger partial charge in [0.05, 0.1) is 17.6 Å². The van der Waals surface area contributed by atoms with Gasteiger partial charge in [-0.15, -0.1) is 0 Å². The molecule has 0 spiro atoms. The maximum atomic E-state index is 9.76. The Morgan fingerprint density at radius 1 is 1.32 bits per heavy atom. The number of phenols is 1. The fraction of sp³-hybridized carbons (Fsp3) is 0.412. The quantitative estimate of drug-likeness (QED) is 0.909. The molecule has 1 aliphatic rings. The number of benzene rings is 1. The second kappa shape index (κ2) is 6.32. The van der Waals surface area contributed by atoms with Crippen molar-refractivity contribution < 1.29 is 5.11 Å². The summed E-state index contributed by atoms with van der Waals surface area (Å²) in [5.41, 5.74) is 8.83. The molecule has 1 aliphatic heterocycles. The molecule has 5 heteroatoms. The zero-order valence-corrected chi connectivity index (χ0v) is 12.9. The van der Waals surface area contributed by atoms with Gasteiger partial charge in [-0.05, 0) is 25.0 Å². The number of hydrogen-bond acceptors (Lipinski definition) is 5. The smallest absolute Gasteiger partial charge is 0.128 e. The number of nitrogens with zero attached hydrogens (tertiary/aromatic N) is 3. The van der Waals surface area contributed by atoms with E-state index in [1.54, 1.807) is 12.1 Å². The third kappa shape index (κ3) is 3.04. The van der Waals surface area contributed by atoms with E-state index in [1.807, 2.05) is 25.3 Å². The maximum absolute atomic E-state index is 9.76. The van der Waals surface area contributed by atoms with Crippen LogP contribution in [0.25, 0.3) is 11.3 Å². The van der Waals surface area contributed by atoms with Crippen LogP contribution in [0.1, 0.15) is 25.6 Å². The van der Waals surface area contributed by atoms with E-state index in [0.29, 0.717) is 0 Å². The van der Waals surface area contributed by atoms with Crippen molar-refractivity contribution in [2.24, 2.45) is 5.73 Å². The van der Waals surface area contributed by atoms with E-state index in [9.17, 15) is 5.11 Å². The molecule has 1 saturated heterocycles. The van der Waals surface area contributed by atoms with E-state index in [4.69, 9.17) is 10.7 Å². The summed E-state index contributed by atoms with van der Waals surface area (Å²) in [6, 6.07) is 7.53. The average Bonchev–Trinajstić information content (AvgIpc) is 2.55. The van der Waals surface area contributed by atoms with Gasteiger partial charge in [0.1, 0.15) is 11.6 Å². The highest BCUT2D eigenvalue weighted by Crippen LogP contribution is 2.31. The number of hydrogen-bond donors (Lipinski definition) is 2. The minimum atomic E-state index is 0.251. The Kier molecular flexibility index (Phi) is 4.24. The molecule has 0 aliphatic carbocycles. The lowest BCUT2D eigenvalue weighted by Gasteiger charge is -2.32. The molecule has 2 heterocycles. The van der Waals surface area contributed by atoms with Gasteiger partial charge in [-0.1, -0.05) is 19.1 Å². The van der Waals surface area contributed by atoms with E-state index in [-0.39, 0.29) is 11.8 Å². The van der Waals surface area contributed by atoms with Crippen LogP contribution in [0.3, 0.4) is 0 Å². The molecule has 0 saturated carbocycles. The fourth-order valence-corrected chi connectivity index (χ4v) is 2.82. The molecule has 0 radical (unpaired) electrons. The van der Waals surface area contributed by atoms with Crippen LogP contribution in [0.4, 0.5) is 5.69 Å². The molecule has 3 N–H and O–H groups in total. The maximum Gasteiger partial charge on any atom is 0.128 e. The van der Waals surface area contributed by atoms with E-state index < -0.39 is 0 Å². The van der Waals surface area contributed by atoms with E-state index in [1.165, 1.54) is 0 Å². The van der Waals surface area contributed by atoms with Crippen molar-refractivity contribution in [3.8, 4) is 17.0 Å². The highest BCUT2D eigenvalue weighted by Gasteiger charge is 2.21. The topological polar surface area (TPSA) is 75.3 Å². The minimum absolute atomic E-state index is 0.251. The van der Waals surface area contributed by atoms with Crippen molar-refractivity contribution >= 4 is 5.69 Å². The van der Waals surface area contributed by atoms with Crippen LogP contribution in [0.5, 0.6) is 5.75 Å². The van der Waals surface area contributed by atoms with Gasteiger partial charge in [0.15, 0.2) is 0 Å². The lowest BCUT2D eigenvalue weighted by atomic mass is 10.0. The Labute approximate surface area is 130 Å². The minimum Gasteiger partial charge on any atom is -0.508 e. The summed E-state index contributed by atoms with van der Waals surface area (Å²) in [6.45, 7) is 3.88. The fourth-order valence-electron chi connectivity index (χ4n) is 2.82. The van der Waals surface area contributed by atoms with Crippen LogP contribution < -0.4 is 10.6 Å². The van der Waals surface area contributed by atoms with Gasteiger partial charge in [-0.3, -0.25) is 0 Å². The number of anilines is 1. The van der Waals surface area contributed by atoms with Crippen molar-refractivity contribution in [2.75, 3.05) is 18.0 Å². The second-order valence-corrected chi connectivity index (χ2v) is 5.75. The van der Waals surface area contributed by atoms with Crippen molar-refractivity contribution in [1.82, 2.24) is 9.97 Å². The first kappa shape index (κ1) is 14.8. The summed E-state index contributed by atoms with van der Waals surface area (Å²) in [5, 5.41) is 9.76. The Hall–Kier alpha value is -2.14. The third-order valence-corrected chi connectivity index (χ3v) is 4.14. The SMILES string of the molecule is CCc1ncc(N2CCC(N)CC2)c(-c2cccc(O)c2)n1. The monoisotopic (exact) mass is 298 g/mol. The van der Waals surface area contributed by atoms with E-state index >= 15 is 0 Å². The highest BCUT2D eigenvalue weighted by atomic mass is 16.3. The van der Waals surface area contributed by atoms with Crippen LogP contribution in [0.15, 0.2) is 30.5 Å². The van der Waals surface area contributed by atoms with Crippen LogP contribution in [-0.4, -0.2) is 34.2 Å². The number of aromatic hydroxyl groups is 1. The molecule has 0 bridgehead atoms. The van der Waals surface area contributed by atoms with Gasteiger partial charge >= 0.3 is 0 Å². The van der Waals surface area contributed by atoms with Crippen LogP contribution in [-0.2, 0) is 6.42 Å². The van der Waals surface area contributed by atoms with E-state index in [2.05, 4.69) is 9.88 Å². The van der Waals surface area contributed by atoms with Gasteiger partial charge in [0.25, 0.3) is 0 Å². The average molecular weight is 298 g/mol. The van der Waals surface area contributed by atoms with Gasteiger partial charge in [0.2, 0.25) is 0 Å². The normalized spacial score (nSPS) is 16.0. The molecule has 1 aromatic carbocycles. The molecule has 5 nitrogen and oxygen atoms in total. The number of aromatic nitrogens is 2. The zero-order valence-electron chi connectivity index (χ0n) is 12.9. The Balaban J connectivity index is 2.02. The lowest BCUT2D eigenvalue weighted by Crippen LogP contribution is -2.40. The number of phenolic OH excluding ortho intramolecular Hbond substituents is 1. The number of aryl methyl sites for hydroxylation is 1. The molecule has 1 aromatic heterocycles. The Bertz CT molecular complexity index is 651. The van der Waals surface area contributed by atoms with Crippen molar-refractivity contribution in [2.45, 2.75) is 32.2 Å². The predicted molar refractivity (Wildman–Crippen MR) is 87.9 cm³/mol. The predicted octanol–water partition coefficient (Wildman–Crippen LogP) is 2.34. The summed E-state index contributed by atoms with van der Waals surface area (Å²) in [6.07, 6.45) is 4.66. The molecular formula is C17H22N4O. The zero-order chi connectivity index (χ0) is 15.5. The molecule has 116 valence electrons. The molecular weight excluding hydrogens is 276 g/mol. The second-order valence-electron chi connectivity index (χ2n) is 5.75. The van der Waals surface area contributed by atoms with Gasteiger partial charge in [-0.2, -0.15) is 0 Å². The van der Waals surface area contributed by atoms with Gasteiger partial charge in [0, 0.05) is 31.1 Å². The first-order valence-corrected chi connectivity index (χ1v) is 7.83. The molecule has 3 rings (SSSR count). The Morgan fingerprint density at radius 3 is 2.77 bits per heavy atom. The lowest BCUT2D eigenvalue weighted by molar-refractivity contribution is 0.475. The van der Waals surface area contributed by atoms with Crippen LogP contribution in [0.2, 0.25) is 0 Å². The summed E-state index contributed by atoms with van der Waals surface area (Å²) in [4.78, 5) is 11.4. The van der Waals surface area contributed by atoms with Crippen molar-refractivity contribution in [3.05, 3.63) is 36.3 Å². The van der Waals surface area contributed by atoms with Gasteiger partial charge in [-0.25, -0.2) is 9.97 Å². The summed E-state index contributed by atoms with van der Waals surface area (Å²) >= 11 is 0. The molecule has 0 amide bonds. The standard InChI is InChI=1S/C17H22N4O/c1-2-16-19-11-15(21-8-6-13(18)7-9-21)17(20-16)12-4-3-5-14(22)10-12/h3-5,10-11,13,22H,2,6-9,18H2,1H3. The largest absolute Gasteiger partial charge is 0.508 e. The molecule has 0 atom stereocenters. The molecule has 22 heavy (non-hydrogen) atoms. The van der Waals surface area contributed by atoms with E-state index in [0.717, 1.165) is 55.1 Å². The van der Waals surface area contributed by atoms with Crippen LogP contribution >= 0.6 is 0 Å². The summed E-state index contributed by atoms with van der Waals surface area (Å²) < 4.78 is 0. The van der Waals surface area contributed by atoms with Crippen LogP contribution in [0, 0.1) is 0 Å². The summed E-state index contributed by atoms with van der Waals surface area (Å²) in [5.74, 6) is 1.07. The molecule has 1 fully saturated rings. The van der Waals surface area contributed by atoms with Crippen molar-refractivity contribution in [3.63, 3.8) is 0 Å². The van der Waals surface area contributed by atoms with Gasteiger partial charge < -0.3 is 15.7 Å². The first-order valence-electron chi connectivity index (χ1n) is 7.83.